The summed E-state index contributed by atoms with van der Waals surface area (Å²) in [4.78, 5) is 20.8. The Bertz CT molecular complexity index is 535. The van der Waals surface area contributed by atoms with Crippen LogP contribution in [0.2, 0.25) is 8.87 Å². The number of carbonyl (C=O) groups excluding carboxylic acids is 2. The summed E-state index contributed by atoms with van der Waals surface area (Å²) in [6.45, 7) is 4.58. The quantitative estimate of drug-likeness (QED) is 0.194. The van der Waals surface area contributed by atoms with E-state index in [1.807, 2.05) is 0 Å². The molecule has 0 bridgehead atoms. The predicted molar refractivity (Wildman–Crippen MR) is 101 cm³/mol. The van der Waals surface area contributed by atoms with Gasteiger partial charge in [0, 0.05) is 0 Å². The van der Waals surface area contributed by atoms with Gasteiger partial charge in [0.25, 0.3) is 0 Å². The summed E-state index contributed by atoms with van der Waals surface area (Å²) in [7, 11) is 0. The molecule has 150 valence electrons. The first-order valence-corrected chi connectivity index (χ1v) is 12.8. The number of rotatable bonds is 8. The van der Waals surface area contributed by atoms with E-state index in [9.17, 15) is 9.59 Å². The van der Waals surface area contributed by atoms with Crippen molar-refractivity contribution in [3.8, 4) is 0 Å². The molecule has 2 rings (SSSR count). The first kappa shape index (κ1) is 25.2. The predicted octanol–water partition coefficient (Wildman–Crippen LogP) is 3.92. The van der Waals surface area contributed by atoms with Gasteiger partial charge in [0.2, 0.25) is 0 Å². The van der Waals surface area contributed by atoms with Crippen molar-refractivity contribution in [2.75, 3.05) is 0 Å². The topological polar surface area (TPSA) is 125 Å². The van der Waals surface area contributed by atoms with Crippen LogP contribution >= 0.6 is 0 Å². The minimum absolute atomic E-state index is 0.0949. The van der Waals surface area contributed by atoms with E-state index in [0.717, 1.165) is 0 Å². The number of nitrogens with one attached hydrogen (secondary N) is 2. The van der Waals surface area contributed by atoms with E-state index >= 15 is 0 Å². The SMILES string of the molecule is CCC[CH2][Sn][CH2]CCC.O=C(NO)c1ccco1.O=C(NO)c1ccco1. The molecule has 0 spiro atoms. The van der Waals surface area contributed by atoms with Gasteiger partial charge in [0.05, 0.1) is 12.5 Å². The molecule has 4 N–H and O–H groups in total. The third kappa shape index (κ3) is 13.1. The van der Waals surface area contributed by atoms with Crippen molar-refractivity contribution in [1.29, 1.82) is 0 Å². The van der Waals surface area contributed by atoms with Crippen molar-refractivity contribution >= 4 is 33.0 Å². The van der Waals surface area contributed by atoms with Crippen LogP contribution in [0.3, 0.4) is 0 Å². The number of amides is 2. The van der Waals surface area contributed by atoms with Crippen molar-refractivity contribution < 1.29 is 28.8 Å². The van der Waals surface area contributed by atoms with Crippen LogP contribution in [-0.2, 0) is 0 Å². The van der Waals surface area contributed by atoms with Crippen molar-refractivity contribution in [2.45, 2.75) is 48.4 Å². The molecule has 0 saturated carbocycles. The molecule has 0 fully saturated rings. The van der Waals surface area contributed by atoms with Gasteiger partial charge in [0.1, 0.15) is 0 Å². The fourth-order valence-electron chi connectivity index (χ4n) is 1.65. The summed E-state index contributed by atoms with van der Waals surface area (Å²) in [5, 5.41) is 16.1. The Morgan fingerprint density at radius 3 is 1.56 bits per heavy atom. The summed E-state index contributed by atoms with van der Waals surface area (Å²) in [5.74, 6) is -1.09. The smallest absolute Gasteiger partial charge is 0.310 e. The zero-order valence-electron chi connectivity index (χ0n) is 15.7. The van der Waals surface area contributed by atoms with Gasteiger partial charge >= 0.3 is 81.4 Å². The number of hydroxylamine groups is 2. The summed E-state index contributed by atoms with van der Waals surface area (Å²) in [5.41, 5.74) is 2.87. The Kier molecular flexibility index (Phi) is 16.5. The van der Waals surface area contributed by atoms with E-state index in [2.05, 4.69) is 22.7 Å². The van der Waals surface area contributed by atoms with Crippen molar-refractivity contribution in [3.05, 3.63) is 48.3 Å². The summed E-state index contributed by atoms with van der Waals surface area (Å²) in [6, 6.07) is 6.02. The number of carbonyl (C=O) groups is 2. The molecule has 2 aromatic rings. The Labute approximate surface area is 169 Å². The van der Waals surface area contributed by atoms with E-state index in [1.54, 1.807) is 21.0 Å². The van der Waals surface area contributed by atoms with Crippen molar-refractivity contribution in [3.63, 3.8) is 0 Å². The van der Waals surface area contributed by atoms with E-state index in [0.29, 0.717) is 0 Å². The first-order valence-electron chi connectivity index (χ1n) is 8.77. The maximum atomic E-state index is 10.4. The maximum absolute atomic E-state index is 10.4. The molecule has 0 aliphatic rings. The van der Waals surface area contributed by atoms with Crippen LogP contribution in [0.4, 0.5) is 0 Å². The van der Waals surface area contributed by atoms with E-state index in [-0.39, 0.29) is 32.7 Å². The van der Waals surface area contributed by atoms with Gasteiger partial charge in [-0.05, 0) is 24.3 Å². The van der Waals surface area contributed by atoms with Crippen molar-refractivity contribution in [2.24, 2.45) is 0 Å². The molecule has 0 saturated heterocycles. The van der Waals surface area contributed by atoms with Crippen LogP contribution in [0.15, 0.2) is 45.6 Å². The molecule has 0 aromatic carbocycles. The van der Waals surface area contributed by atoms with Gasteiger partial charge in [-0.25, -0.2) is 11.0 Å². The number of hydrogen-bond acceptors (Lipinski definition) is 6. The normalized spacial score (nSPS) is 9.33. The number of hydrogen-bond donors (Lipinski definition) is 4. The van der Waals surface area contributed by atoms with Gasteiger partial charge in [-0.15, -0.1) is 0 Å². The summed E-state index contributed by atoms with van der Waals surface area (Å²) >= 11 is 0.149. The van der Waals surface area contributed by atoms with Gasteiger partial charge in [-0.1, -0.05) is 0 Å². The monoisotopic (exact) mass is 488 g/mol. The third-order valence-electron chi connectivity index (χ3n) is 3.11. The number of furan rings is 2. The fourth-order valence-corrected chi connectivity index (χ4v) is 5.81. The maximum Gasteiger partial charge on any atom is 0.310 e. The van der Waals surface area contributed by atoms with Gasteiger partial charge in [-0.3, -0.25) is 20.0 Å². The molecule has 2 radical (unpaired) electrons. The van der Waals surface area contributed by atoms with Gasteiger partial charge in [-0.2, -0.15) is 0 Å². The number of unbranched alkanes of at least 4 members (excludes halogenated alkanes) is 2. The minimum Gasteiger partial charge on any atom is -0.459 e. The molecule has 8 nitrogen and oxygen atoms in total. The van der Waals surface area contributed by atoms with Crippen molar-refractivity contribution in [1.82, 2.24) is 11.0 Å². The average Bonchev–Trinajstić information content (AvgIpc) is 3.41. The molecular weight excluding hydrogens is 459 g/mol. The second kappa shape index (κ2) is 17.6. The second-order valence-corrected chi connectivity index (χ2v) is 9.57. The average molecular weight is 487 g/mol. The van der Waals surface area contributed by atoms with E-state index < -0.39 is 11.8 Å². The molecule has 27 heavy (non-hydrogen) atoms. The summed E-state index contributed by atoms with van der Waals surface area (Å²) in [6.07, 6.45) is 8.54. The Morgan fingerprint density at radius 1 is 0.889 bits per heavy atom. The van der Waals surface area contributed by atoms with E-state index in [1.165, 1.54) is 61.3 Å². The third-order valence-corrected chi connectivity index (χ3v) is 7.14. The van der Waals surface area contributed by atoms with Crippen LogP contribution in [0.25, 0.3) is 0 Å². The molecule has 0 unspecified atom stereocenters. The second-order valence-electron chi connectivity index (χ2n) is 5.29. The molecule has 0 aliphatic carbocycles. The molecule has 2 aromatic heterocycles. The zero-order chi connectivity index (χ0) is 20.3. The molecular formula is C18H28N2O6Sn. The fraction of sp³-hybridized carbons (Fsp3) is 0.444. The Balaban J connectivity index is 0.000000376. The standard InChI is InChI=1S/2C5H5NO3.2C4H9.Sn/c2*7-5(6-8)4-2-1-3-9-4;2*1-3-4-2;/h2*1-3,8H,(H,6,7);2*1,3-4H2,2H3;. The van der Waals surface area contributed by atoms with Crippen LogP contribution in [0, 0.1) is 0 Å². The van der Waals surface area contributed by atoms with Crippen LogP contribution in [0.1, 0.15) is 60.6 Å². The largest absolute Gasteiger partial charge is 0.459 e. The Hall–Kier alpha value is -1.78. The molecule has 0 aliphatic heterocycles. The van der Waals surface area contributed by atoms with Gasteiger partial charge < -0.3 is 8.83 Å². The van der Waals surface area contributed by atoms with Crippen LogP contribution in [-0.4, -0.2) is 43.4 Å². The van der Waals surface area contributed by atoms with E-state index in [4.69, 9.17) is 10.4 Å². The summed E-state index contributed by atoms with van der Waals surface area (Å²) < 4.78 is 12.5. The zero-order valence-corrected chi connectivity index (χ0v) is 18.6. The van der Waals surface area contributed by atoms with Crippen LogP contribution < -0.4 is 11.0 Å². The minimum atomic E-state index is -0.639. The molecule has 9 heteroatoms. The Morgan fingerprint density at radius 2 is 1.30 bits per heavy atom. The van der Waals surface area contributed by atoms with Gasteiger partial charge in [0.15, 0.2) is 11.5 Å². The van der Waals surface area contributed by atoms with Crippen LogP contribution in [0.5, 0.6) is 0 Å². The molecule has 2 heterocycles. The molecule has 2 amide bonds. The molecule has 0 atom stereocenters. The first-order chi connectivity index (χ1) is 13.1.